The maximum atomic E-state index is 12.7. The molecule has 1 rings (SSSR count). The van der Waals surface area contributed by atoms with Crippen LogP contribution in [0.3, 0.4) is 0 Å². The van der Waals surface area contributed by atoms with Crippen molar-refractivity contribution in [2.45, 2.75) is 31.7 Å². The molecule has 0 amide bonds. The van der Waals surface area contributed by atoms with Gasteiger partial charge in [0.25, 0.3) is 0 Å². The van der Waals surface area contributed by atoms with Crippen molar-refractivity contribution in [2.75, 3.05) is 19.9 Å². The highest BCUT2D eigenvalue weighted by atomic mass is 32.2. The Morgan fingerprint density at radius 3 is 2.33 bits per heavy atom. The van der Waals surface area contributed by atoms with Crippen molar-refractivity contribution in [1.29, 1.82) is 0 Å². The summed E-state index contributed by atoms with van der Waals surface area (Å²) in [7, 11) is -1.14. The quantitative estimate of drug-likeness (QED) is 0.660. The number of nitrogen functional groups attached to an aromatic ring is 1. The van der Waals surface area contributed by atoms with E-state index in [4.69, 9.17) is 5.73 Å². The molecule has 0 heterocycles. The van der Waals surface area contributed by atoms with Crippen LogP contribution < -0.4 is 5.73 Å². The Labute approximate surface area is 125 Å². The maximum Gasteiger partial charge on any atom is 0.339 e. The fraction of sp³-hybridized carbons (Fsp3) is 0.500. The van der Waals surface area contributed by atoms with E-state index in [-0.39, 0.29) is 28.1 Å². The van der Waals surface area contributed by atoms with Crippen LogP contribution in [0.5, 0.6) is 0 Å². The average molecular weight is 314 g/mol. The minimum Gasteiger partial charge on any atom is -0.465 e. The Kier molecular flexibility index (Phi) is 5.36. The predicted octanol–water partition coefficient (Wildman–Crippen LogP) is 1.72. The zero-order chi connectivity index (χ0) is 16.4. The molecule has 7 heteroatoms. The van der Waals surface area contributed by atoms with Gasteiger partial charge in [-0.15, -0.1) is 0 Å². The number of ether oxygens (including phenoxy) is 1. The molecular formula is C14H22N2O4S. The molecule has 1 aromatic carbocycles. The molecule has 118 valence electrons. The van der Waals surface area contributed by atoms with Crippen LogP contribution in [0.15, 0.2) is 23.1 Å². The number of rotatable bonds is 5. The first-order valence-corrected chi connectivity index (χ1v) is 8.02. The van der Waals surface area contributed by atoms with Crippen LogP contribution in [0.2, 0.25) is 0 Å². The molecule has 1 atom stereocenters. The number of anilines is 1. The van der Waals surface area contributed by atoms with Crippen LogP contribution >= 0.6 is 0 Å². The molecule has 0 aliphatic heterocycles. The summed E-state index contributed by atoms with van der Waals surface area (Å²) in [4.78, 5) is 11.6. The van der Waals surface area contributed by atoms with E-state index in [9.17, 15) is 13.2 Å². The molecular weight excluding hydrogens is 292 g/mol. The summed E-state index contributed by atoms with van der Waals surface area (Å²) < 4.78 is 31.4. The Bertz CT molecular complexity index is 626. The number of carbonyl (C=O) groups is 1. The highest BCUT2D eigenvalue weighted by molar-refractivity contribution is 7.89. The van der Waals surface area contributed by atoms with Gasteiger partial charge in [0, 0.05) is 18.8 Å². The molecule has 0 aromatic heterocycles. The Balaban J connectivity index is 3.43. The van der Waals surface area contributed by atoms with Crippen molar-refractivity contribution < 1.29 is 17.9 Å². The number of benzene rings is 1. The third-order valence-electron chi connectivity index (χ3n) is 3.61. The normalized spacial score (nSPS) is 13.5. The molecule has 0 radical (unpaired) electrons. The molecule has 0 aliphatic rings. The van der Waals surface area contributed by atoms with E-state index in [0.29, 0.717) is 0 Å². The molecule has 2 N–H and O–H groups in total. The first kappa shape index (κ1) is 17.5. The van der Waals surface area contributed by atoms with Crippen molar-refractivity contribution in [3.63, 3.8) is 0 Å². The van der Waals surface area contributed by atoms with Crippen molar-refractivity contribution in [3.8, 4) is 0 Å². The first-order chi connectivity index (χ1) is 9.62. The molecule has 0 fully saturated rings. The van der Waals surface area contributed by atoms with E-state index >= 15 is 0 Å². The van der Waals surface area contributed by atoms with Crippen LogP contribution in [0.1, 0.15) is 31.1 Å². The smallest absolute Gasteiger partial charge is 0.339 e. The summed E-state index contributed by atoms with van der Waals surface area (Å²) in [5, 5.41) is 0. The van der Waals surface area contributed by atoms with Crippen LogP contribution in [0.25, 0.3) is 0 Å². The number of hydrogen-bond acceptors (Lipinski definition) is 5. The topological polar surface area (TPSA) is 89.7 Å². The number of esters is 1. The molecule has 0 spiro atoms. The van der Waals surface area contributed by atoms with Crippen LogP contribution in [0.4, 0.5) is 5.69 Å². The van der Waals surface area contributed by atoms with Gasteiger partial charge in [-0.2, -0.15) is 4.31 Å². The number of methoxy groups -OCH3 is 1. The van der Waals surface area contributed by atoms with Gasteiger partial charge in [-0.1, -0.05) is 13.8 Å². The fourth-order valence-corrected chi connectivity index (χ4v) is 3.53. The first-order valence-electron chi connectivity index (χ1n) is 6.58. The van der Waals surface area contributed by atoms with Gasteiger partial charge >= 0.3 is 5.97 Å². The molecule has 0 bridgehead atoms. The number of nitrogens with zero attached hydrogens (tertiary/aromatic N) is 1. The Morgan fingerprint density at radius 2 is 1.86 bits per heavy atom. The molecule has 0 aliphatic carbocycles. The van der Waals surface area contributed by atoms with Crippen molar-refractivity contribution in [3.05, 3.63) is 23.8 Å². The van der Waals surface area contributed by atoms with Gasteiger partial charge in [0.05, 0.1) is 17.6 Å². The molecule has 0 saturated heterocycles. The number of hydrogen-bond donors (Lipinski definition) is 1. The largest absolute Gasteiger partial charge is 0.465 e. The maximum absolute atomic E-state index is 12.7. The lowest BCUT2D eigenvalue weighted by molar-refractivity contribution is 0.0596. The molecule has 21 heavy (non-hydrogen) atoms. The van der Waals surface area contributed by atoms with Crippen molar-refractivity contribution >= 4 is 21.7 Å². The van der Waals surface area contributed by atoms with Gasteiger partial charge < -0.3 is 10.5 Å². The van der Waals surface area contributed by atoms with Crippen molar-refractivity contribution in [2.24, 2.45) is 5.92 Å². The predicted molar refractivity (Wildman–Crippen MR) is 81.4 cm³/mol. The van der Waals surface area contributed by atoms with E-state index in [1.807, 2.05) is 20.8 Å². The second-order valence-electron chi connectivity index (χ2n) is 5.25. The lowest BCUT2D eigenvalue weighted by atomic mass is 10.1. The van der Waals surface area contributed by atoms with E-state index < -0.39 is 16.0 Å². The monoisotopic (exact) mass is 314 g/mol. The SMILES string of the molecule is COC(=O)c1ccc(N)cc1S(=O)(=O)N(C)C(C)C(C)C. The van der Waals surface area contributed by atoms with E-state index in [2.05, 4.69) is 4.74 Å². The van der Waals surface area contributed by atoms with Gasteiger partial charge in [0.2, 0.25) is 10.0 Å². The Hall–Kier alpha value is -1.60. The van der Waals surface area contributed by atoms with Gasteiger partial charge in [-0.25, -0.2) is 13.2 Å². The molecule has 1 unspecified atom stereocenters. The van der Waals surface area contributed by atoms with Crippen LogP contribution in [0, 0.1) is 5.92 Å². The fourth-order valence-electron chi connectivity index (χ4n) is 1.82. The Morgan fingerprint density at radius 1 is 1.29 bits per heavy atom. The lowest BCUT2D eigenvalue weighted by Gasteiger charge is -2.27. The van der Waals surface area contributed by atoms with E-state index in [1.165, 1.54) is 36.7 Å². The summed E-state index contributed by atoms with van der Waals surface area (Å²) in [6.07, 6.45) is 0. The lowest BCUT2D eigenvalue weighted by Crippen LogP contribution is -2.38. The average Bonchev–Trinajstić information content (AvgIpc) is 2.44. The zero-order valence-corrected chi connectivity index (χ0v) is 13.8. The van der Waals surface area contributed by atoms with E-state index in [0.717, 1.165) is 0 Å². The molecule has 0 saturated carbocycles. The standard InChI is InChI=1S/C14H22N2O4S/c1-9(2)10(3)16(4)21(18,19)13-8-11(15)6-7-12(13)14(17)20-5/h6-10H,15H2,1-5H3. The summed E-state index contributed by atoms with van der Waals surface area (Å²) in [5.41, 5.74) is 5.92. The van der Waals surface area contributed by atoms with Crippen molar-refractivity contribution in [1.82, 2.24) is 4.31 Å². The minimum absolute atomic E-state index is 0.0190. The highest BCUT2D eigenvalue weighted by Crippen LogP contribution is 2.25. The second kappa shape index (κ2) is 6.44. The third-order valence-corrected chi connectivity index (χ3v) is 5.59. The summed E-state index contributed by atoms with van der Waals surface area (Å²) >= 11 is 0. The molecule has 1 aromatic rings. The third kappa shape index (κ3) is 3.54. The van der Waals surface area contributed by atoms with Gasteiger partial charge in [-0.05, 0) is 31.0 Å². The van der Waals surface area contributed by atoms with E-state index in [1.54, 1.807) is 0 Å². The second-order valence-corrected chi connectivity index (χ2v) is 7.22. The van der Waals surface area contributed by atoms with Crippen LogP contribution in [-0.2, 0) is 14.8 Å². The highest BCUT2D eigenvalue weighted by Gasteiger charge is 2.31. The summed E-state index contributed by atoms with van der Waals surface area (Å²) in [6.45, 7) is 5.67. The number of nitrogens with two attached hydrogens (primary N) is 1. The summed E-state index contributed by atoms with van der Waals surface area (Å²) in [6, 6.07) is 3.89. The van der Waals surface area contributed by atoms with Gasteiger partial charge in [0.15, 0.2) is 0 Å². The summed E-state index contributed by atoms with van der Waals surface area (Å²) in [5.74, 6) is -0.577. The molecule has 6 nitrogen and oxygen atoms in total. The minimum atomic E-state index is -3.84. The van der Waals surface area contributed by atoms with Gasteiger partial charge in [0.1, 0.15) is 0 Å². The van der Waals surface area contributed by atoms with Gasteiger partial charge in [-0.3, -0.25) is 0 Å². The van der Waals surface area contributed by atoms with Crippen LogP contribution in [-0.4, -0.2) is 38.9 Å². The number of sulfonamides is 1. The number of carbonyl (C=O) groups excluding carboxylic acids is 1. The zero-order valence-electron chi connectivity index (χ0n) is 13.0.